The fourth-order valence-electron chi connectivity index (χ4n) is 1.69. The van der Waals surface area contributed by atoms with Gasteiger partial charge in [0.25, 0.3) is 0 Å². The number of hydrogen-bond donors (Lipinski definition) is 1. The van der Waals surface area contributed by atoms with Crippen LogP contribution in [0.25, 0.3) is 0 Å². The van der Waals surface area contributed by atoms with Gasteiger partial charge in [-0.15, -0.1) is 0 Å². The molecule has 1 aromatic carbocycles. The second-order valence-electron chi connectivity index (χ2n) is 4.62. The predicted octanol–water partition coefficient (Wildman–Crippen LogP) is 2.44. The van der Waals surface area contributed by atoms with E-state index in [1.54, 1.807) is 0 Å². The molecule has 0 aliphatic heterocycles. The van der Waals surface area contributed by atoms with Crippen molar-refractivity contribution in [1.29, 1.82) is 0 Å². The second kappa shape index (κ2) is 4.99. The van der Waals surface area contributed by atoms with Crippen molar-refractivity contribution < 1.29 is 4.52 Å². The van der Waals surface area contributed by atoms with E-state index < -0.39 is 0 Å². The van der Waals surface area contributed by atoms with Gasteiger partial charge >= 0.3 is 0 Å². The van der Waals surface area contributed by atoms with Crippen molar-refractivity contribution >= 4 is 5.69 Å². The lowest BCUT2D eigenvalue weighted by atomic mass is 10.1. The lowest BCUT2D eigenvalue weighted by Gasteiger charge is -1.98. The quantitative estimate of drug-likeness (QED) is 0.821. The largest absolute Gasteiger partial charge is 0.399 e. The topological polar surface area (TPSA) is 64.9 Å². The van der Waals surface area contributed by atoms with E-state index in [1.807, 2.05) is 24.3 Å². The maximum atomic E-state index is 5.72. The van der Waals surface area contributed by atoms with Gasteiger partial charge in [0.05, 0.1) is 6.42 Å². The molecule has 1 heterocycles. The van der Waals surface area contributed by atoms with Crippen LogP contribution in [0.3, 0.4) is 0 Å². The summed E-state index contributed by atoms with van der Waals surface area (Å²) in [6.45, 7) is 4.27. The Hall–Kier alpha value is -1.84. The van der Waals surface area contributed by atoms with Crippen molar-refractivity contribution in [1.82, 2.24) is 10.1 Å². The van der Waals surface area contributed by atoms with Gasteiger partial charge in [0, 0.05) is 12.1 Å². The van der Waals surface area contributed by atoms with Gasteiger partial charge in [-0.1, -0.05) is 31.1 Å². The molecule has 90 valence electrons. The highest BCUT2D eigenvalue weighted by Crippen LogP contribution is 2.12. The SMILES string of the molecule is CC(C)Cc1noc(Cc2cccc(N)c2)n1. The zero-order chi connectivity index (χ0) is 12.3. The number of nitrogen functional groups attached to an aromatic ring is 1. The summed E-state index contributed by atoms with van der Waals surface area (Å²) in [5.41, 5.74) is 7.56. The molecule has 0 saturated heterocycles. The van der Waals surface area contributed by atoms with Crippen LogP contribution in [0.1, 0.15) is 31.1 Å². The Labute approximate surface area is 101 Å². The summed E-state index contributed by atoms with van der Waals surface area (Å²) in [6.07, 6.45) is 1.48. The molecule has 2 aromatic rings. The summed E-state index contributed by atoms with van der Waals surface area (Å²) < 4.78 is 5.21. The Morgan fingerprint density at radius 3 is 2.88 bits per heavy atom. The molecule has 0 amide bonds. The standard InChI is InChI=1S/C13H17N3O/c1-9(2)6-12-15-13(17-16-12)8-10-4-3-5-11(14)7-10/h3-5,7,9H,6,8,14H2,1-2H3. The summed E-state index contributed by atoms with van der Waals surface area (Å²) in [5, 5.41) is 3.96. The third-order valence-electron chi connectivity index (χ3n) is 2.41. The Balaban J connectivity index is 2.06. The van der Waals surface area contributed by atoms with Crippen molar-refractivity contribution in [2.75, 3.05) is 5.73 Å². The Morgan fingerprint density at radius 1 is 1.35 bits per heavy atom. The zero-order valence-electron chi connectivity index (χ0n) is 10.2. The summed E-state index contributed by atoms with van der Waals surface area (Å²) >= 11 is 0. The molecule has 2 rings (SSSR count). The van der Waals surface area contributed by atoms with Crippen molar-refractivity contribution in [3.05, 3.63) is 41.5 Å². The molecule has 0 spiro atoms. The number of aromatic nitrogens is 2. The number of anilines is 1. The van der Waals surface area contributed by atoms with E-state index in [0.717, 1.165) is 23.5 Å². The number of nitrogens with two attached hydrogens (primary N) is 1. The molecule has 0 unspecified atom stereocenters. The van der Waals surface area contributed by atoms with E-state index in [1.165, 1.54) is 0 Å². The van der Waals surface area contributed by atoms with Crippen LogP contribution < -0.4 is 5.73 Å². The molecule has 0 fully saturated rings. The smallest absolute Gasteiger partial charge is 0.231 e. The molecular weight excluding hydrogens is 214 g/mol. The molecule has 4 nitrogen and oxygen atoms in total. The fourth-order valence-corrected chi connectivity index (χ4v) is 1.69. The first-order valence-corrected chi connectivity index (χ1v) is 5.79. The number of nitrogens with zero attached hydrogens (tertiary/aromatic N) is 2. The highest BCUT2D eigenvalue weighted by Gasteiger charge is 2.08. The Morgan fingerprint density at radius 2 is 2.18 bits per heavy atom. The van der Waals surface area contributed by atoms with Crippen LogP contribution in [0.5, 0.6) is 0 Å². The van der Waals surface area contributed by atoms with Crippen molar-refractivity contribution in [2.24, 2.45) is 5.92 Å². The Bertz CT molecular complexity index is 491. The number of hydrogen-bond acceptors (Lipinski definition) is 4. The third kappa shape index (κ3) is 3.31. The minimum Gasteiger partial charge on any atom is -0.399 e. The van der Waals surface area contributed by atoms with E-state index >= 15 is 0 Å². The molecule has 2 N–H and O–H groups in total. The van der Waals surface area contributed by atoms with E-state index in [2.05, 4.69) is 24.0 Å². The normalized spacial score (nSPS) is 11.0. The summed E-state index contributed by atoms with van der Waals surface area (Å²) in [5.74, 6) is 1.96. The number of rotatable bonds is 4. The molecule has 0 bridgehead atoms. The first-order chi connectivity index (χ1) is 8.13. The van der Waals surface area contributed by atoms with Crippen molar-refractivity contribution in [3.8, 4) is 0 Å². The molecule has 0 aliphatic rings. The van der Waals surface area contributed by atoms with Gasteiger partial charge in [-0.05, 0) is 23.6 Å². The van der Waals surface area contributed by atoms with Gasteiger partial charge in [-0.3, -0.25) is 0 Å². The number of benzene rings is 1. The molecule has 17 heavy (non-hydrogen) atoms. The first kappa shape index (κ1) is 11.6. The molecule has 0 atom stereocenters. The van der Waals surface area contributed by atoms with Crippen LogP contribution in [0.15, 0.2) is 28.8 Å². The summed E-state index contributed by atoms with van der Waals surface area (Å²) in [4.78, 5) is 4.36. The minimum atomic E-state index is 0.535. The highest BCUT2D eigenvalue weighted by molar-refractivity contribution is 5.41. The third-order valence-corrected chi connectivity index (χ3v) is 2.41. The summed E-state index contributed by atoms with van der Waals surface area (Å²) in [7, 11) is 0. The lowest BCUT2D eigenvalue weighted by molar-refractivity contribution is 0.377. The Kier molecular flexibility index (Phi) is 3.42. The first-order valence-electron chi connectivity index (χ1n) is 5.79. The lowest BCUT2D eigenvalue weighted by Crippen LogP contribution is -1.96. The zero-order valence-corrected chi connectivity index (χ0v) is 10.2. The van der Waals surface area contributed by atoms with Crippen LogP contribution in [-0.4, -0.2) is 10.1 Å². The molecule has 0 saturated carbocycles. The van der Waals surface area contributed by atoms with Gasteiger partial charge in [0.1, 0.15) is 0 Å². The van der Waals surface area contributed by atoms with Gasteiger partial charge < -0.3 is 10.3 Å². The second-order valence-corrected chi connectivity index (χ2v) is 4.62. The average molecular weight is 231 g/mol. The molecule has 0 radical (unpaired) electrons. The monoisotopic (exact) mass is 231 g/mol. The van der Waals surface area contributed by atoms with E-state index in [-0.39, 0.29) is 0 Å². The van der Waals surface area contributed by atoms with E-state index in [4.69, 9.17) is 10.3 Å². The molecular formula is C13H17N3O. The van der Waals surface area contributed by atoms with Crippen LogP contribution in [0, 0.1) is 5.92 Å². The van der Waals surface area contributed by atoms with E-state index in [0.29, 0.717) is 18.2 Å². The van der Waals surface area contributed by atoms with Crippen LogP contribution >= 0.6 is 0 Å². The fraction of sp³-hybridized carbons (Fsp3) is 0.385. The van der Waals surface area contributed by atoms with Crippen molar-refractivity contribution in [3.63, 3.8) is 0 Å². The predicted molar refractivity (Wildman–Crippen MR) is 66.5 cm³/mol. The minimum absolute atomic E-state index is 0.535. The molecule has 1 aromatic heterocycles. The van der Waals surface area contributed by atoms with Gasteiger partial charge in [-0.2, -0.15) is 4.98 Å². The van der Waals surface area contributed by atoms with Crippen molar-refractivity contribution in [2.45, 2.75) is 26.7 Å². The summed E-state index contributed by atoms with van der Waals surface area (Å²) in [6, 6.07) is 7.71. The maximum absolute atomic E-state index is 5.72. The van der Waals surface area contributed by atoms with E-state index in [9.17, 15) is 0 Å². The van der Waals surface area contributed by atoms with Crippen LogP contribution in [0.2, 0.25) is 0 Å². The maximum Gasteiger partial charge on any atom is 0.231 e. The van der Waals surface area contributed by atoms with Gasteiger partial charge in [-0.25, -0.2) is 0 Å². The average Bonchev–Trinajstić information content (AvgIpc) is 2.64. The van der Waals surface area contributed by atoms with Crippen LogP contribution in [-0.2, 0) is 12.8 Å². The van der Waals surface area contributed by atoms with Gasteiger partial charge in [0.2, 0.25) is 5.89 Å². The molecule has 0 aliphatic carbocycles. The van der Waals surface area contributed by atoms with Crippen LogP contribution in [0.4, 0.5) is 5.69 Å². The van der Waals surface area contributed by atoms with Gasteiger partial charge in [0.15, 0.2) is 5.82 Å². The molecule has 4 heteroatoms. The highest BCUT2D eigenvalue weighted by atomic mass is 16.5.